The lowest BCUT2D eigenvalue weighted by Gasteiger charge is -2.11. The third-order valence-electron chi connectivity index (χ3n) is 4.16. The molecule has 0 saturated carbocycles. The van der Waals surface area contributed by atoms with E-state index in [4.69, 9.17) is 10.5 Å². The van der Waals surface area contributed by atoms with Crippen molar-refractivity contribution >= 4 is 22.1 Å². The van der Waals surface area contributed by atoms with Crippen LogP contribution in [0.15, 0.2) is 0 Å². The first-order valence-electron chi connectivity index (χ1n) is 7.17. The Morgan fingerprint density at radius 1 is 0.577 bits per heavy atom. The molecule has 8 heteroatoms. The highest BCUT2D eigenvalue weighted by Gasteiger charge is 2.24. The fraction of sp³-hybridized carbons (Fsp3) is 0.111. The normalized spacial score (nSPS) is 10.2. The summed E-state index contributed by atoms with van der Waals surface area (Å²) in [6, 6.07) is 6.74. The van der Waals surface area contributed by atoms with Gasteiger partial charge in [-0.25, -0.2) is 18.7 Å². The number of nitriles is 4. The molecular weight excluding hydrogens is 338 g/mol. The van der Waals surface area contributed by atoms with E-state index in [0.717, 1.165) is 0 Å². The van der Waals surface area contributed by atoms with Gasteiger partial charge >= 0.3 is 0 Å². The second-order valence-corrected chi connectivity index (χ2v) is 5.44. The molecule has 3 rings (SSSR count). The standard InChI is InChI=1S/C18H6F2N6/c1-7-9(3-21)11(5-23)13(19)17-15(7)25-16-8(2)10(4-22)12(6-24)14(20)18(16)26-17/h1-2H3. The maximum atomic E-state index is 14.7. The van der Waals surface area contributed by atoms with E-state index in [1.165, 1.54) is 13.8 Å². The lowest BCUT2D eigenvalue weighted by molar-refractivity contribution is 0.626. The van der Waals surface area contributed by atoms with Crippen molar-refractivity contribution in [3.05, 3.63) is 45.0 Å². The van der Waals surface area contributed by atoms with Crippen LogP contribution in [0.3, 0.4) is 0 Å². The molecule has 0 aliphatic rings. The van der Waals surface area contributed by atoms with Crippen molar-refractivity contribution in [3.63, 3.8) is 0 Å². The third-order valence-corrected chi connectivity index (χ3v) is 4.16. The number of benzene rings is 2. The number of aromatic nitrogens is 2. The zero-order valence-electron chi connectivity index (χ0n) is 13.4. The molecule has 0 aliphatic carbocycles. The van der Waals surface area contributed by atoms with Gasteiger partial charge in [-0.2, -0.15) is 21.0 Å². The van der Waals surface area contributed by atoms with Gasteiger partial charge in [0, 0.05) is 0 Å². The fourth-order valence-corrected chi connectivity index (χ4v) is 2.82. The monoisotopic (exact) mass is 344 g/mol. The van der Waals surface area contributed by atoms with Gasteiger partial charge in [0.2, 0.25) is 0 Å². The Bertz CT molecular complexity index is 1110. The Hall–Kier alpha value is -4.14. The second-order valence-electron chi connectivity index (χ2n) is 5.44. The smallest absolute Gasteiger partial charge is 0.170 e. The summed E-state index contributed by atoms with van der Waals surface area (Å²) in [5.74, 6) is -2.17. The predicted octanol–water partition coefficient (Wildman–Crippen LogP) is 3.16. The van der Waals surface area contributed by atoms with Crippen LogP contribution in [0, 0.1) is 70.8 Å². The summed E-state index contributed by atoms with van der Waals surface area (Å²) >= 11 is 0. The van der Waals surface area contributed by atoms with Crippen molar-refractivity contribution in [1.82, 2.24) is 9.97 Å². The van der Waals surface area contributed by atoms with Crippen LogP contribution in [0.1, 0.15) is 33.4 Å². The Morgan fingerprint density at radius 2 is 0.885 bits per heavy atom. The molecular formula is C18H6F2N6. The van der Waals surface area contributed by atoms with Gasteiger partial charge in [0.05, 0.1) is 22.2 Å². The number of aryl methyl sites for hydroxylation is 2. The summed E-state index contributed by atoms with van der Waals surface area (Å²) in [7, 11) is 0. The van der Waals surface area contributed by atoms with Crippen LogP contribution in [0.5, 0.6) is 0 Å². The van der Waals surface area contributed by atoms with E-state index in [9.17, 15) is 19.3 Å². The molecule has 0 bridgehead atoms. The summed E-state index contributed by atoms with van der Waals surface area (Å²) in [4.78, 5) is 8.14. The van der Waals surface area contributed by atoms with Crippen molar-refractivity contribution in [3.8, 4) is 24.3 Å². The molecule has 3 aromatic rings. The first kappa shape index (κ1) is 16.7. The molecule has 0 unspecified atom stereocenters. The quantitative estimate of drug-likeness (QED) is 0.577. The Balaban J connectivity index is 2.69. The molecule has 1 aromatic heterocycles. The summed E-state index contributed by atoms with van der Waals surface area (Å²) in [5.41, 5.74) is -1.71. The van der Waals surface area contributed by atoms with Gasteiger partial charge in [-0.3, -0.25) is 0 Å². The maximum Gasteiger partial charge on any atom is 0.170 e. The van der Waals surface area contributed by atoms with E-state index < -0.39 is 22.8 Å². The van der Waals surface area contributed by atoms with Crippen LogP contribution in [0.25, 0.3) is 22.1 Å². The number of rotatable bonds is 0. The summed E-state index contributed by atoms with van der Waals surface area (Å²) in [6.07, 6.45) is 0. The molecule has 0 atom stereocenters. The second kappa shape index (κ2) is 5.74. The van der Waals surface area contributed by atoms with Crippen LogP contribution >= 0.6 is 0 Å². The predicted molar refractivity (Wildman–Crippen MR) is 85.3 cm³/mol. The van der Waals surface area contributed by atoms with Gasteiger partial charge in [-0.05, 0) is 25.0 Å². The topological polar surface area (TPSA) is 121 Å². The Kier molecular flexibility index (Phi) is 3.69. The summed E-state index contributed by atoms with van der Waals surface area (Å²) < 4.78 is 29.3. The average Bonchev–Trinajstić information content (AvgIpc) is 2.65. The molecule has 0 spiro atoms. The van der Waals surface area contributed by atoms with E-state index in [1.54, 1.807) is 24.3 Å². The first-order valence-corrected chi connectivity index (χ1v) is 7.17. The molecule has 0 N–H and O–H groups in total. The van der Waals surface area contributed by atoms with Gasteiger partial charge in [0.1, 0.15) is 46.4 Å². The number of nitrogens with zero attached hydrogens (tertiary/aromatic N) is 6. The molecule has 0 amide bonds. The number of fused-ring (bicyclic) bond motifs is 2. The van der Waals surface area contributed by atoms with Gasteiger partial charge in [0.15, 0.2) is 11.6 Å². The van der Waals surface area contributed by atoms with Crippen molar-refractivity contribution < 1.29 is 8.78 Å². The molecule has 0 fully saturated rings. The minimum Gasteiger partial charge on any atom is -0.244 e. The maximum absolute atomic E-state index is 14.7. The lowest BCUT2D eigenvalue weighted by atomic mass is 9.98. The van der Waals surface area contributed by atoms with Crippen LogP contribution < -0.4 is 0 Å². The van der Waals surface area contributed by atoms with Gasteiger partial charge in [-0.15, -0.1) is 0 Å². The van der Waals surface area contributed by atoms with E-state index in [-0.39, 0.29) is 44.3 Å². The Morgan fingerprint density at radius 3 is 1.19 bits per heavy atom. The van der Waals surface area contributed by atoms with Crippen molar-refractivity contribution in [1.29, 1.82) is 21.0 Å². The minimum absolute atomic E-state index is 0.0124. The highest BCUT2D eigenvalue weighted by Crippen LogP contribution is 2.32. The molecule has 26 heavy (non-hydrogen) atoms. The highest BCUT2D eigenvalue weighted by molar-refractivity contribution is 5.93. The lowest BCUT2D eigenvalue weighted by Crippen LogP contribution is -2.05. The van der Waals surface area contributed by atoms with E-state index >= 15 is 0 Å². The van der Waals surface area contributed by atoms with Crippen LogP contribution in [0.4, 0.5) is 8.78 Å². The number of hydrogen-bond donors (Lipinski definition) is 0. The van der Waals surface area contributed by atoms with Gasteiger partial charge < -0.3 is 0 Å². The van der Waals surface area contributed by atoms with E-state index in [1.807, 2.05) is 0 Å². The number of hydrogen-bond acceptors (Lipinski definition) is 6. The highest BCUT2D eigenvalue weighted by atomic mass is 19.1. The van der Waals surface area contributed by atoms with Gasteiger partial charge in [-0.1, -0.05) is 0 Å². The summed E-state index contributed by atoms with van der Waals surface area (Å²) in [6.45, 7) is 2.95. The molecule has 0 radical (unpaired) electrons. The van der Waals surface area contributed by atoms with Crippen LogP contribution in [-0.4, -0.2) is 9.97 Å². The van der Waals surface area contributed by atoms with Gasteiger partial charge in [0.25, 0.3) is 0 Å². The number of halogens is 2. The van der Waals surface area contributed by atoms with E-state index in [0.29, 0.717) is 0 Å². The first-order chi connectivity index (χ1) is 12.4. The largest absolute Gasteiger partial charge is 0.244 e. The molecule has 122 valence electrons. The molecule has 1 heterocycles. The average molecular weight is 344 g/mol. The van der Waals surface area contributed by atoms with Crippen LogP contribution in [0.2, 0.25) is 0 Å². The zero-order valence-corrected chi connectivity index (χ0v) is 13.4. The molecule has 2 aromatic carbocycles. The van der Waals surface area contributed by atoms with Crippen LogP contribution in [-0.2, 0) is 0 Å². The molecule has 0 aliphatic heterocycles. The van der Waals surface area contributed by atoms with Crippen molar-refractivity contribution in [2.75, 3.05) is 0 Å². The van der Waals surface area contributed by atoms with Crippen molar-refractivity contribution in [2.24, 2.45) is 0 Å². The zero-order chi connectivity index (χ0) is 19.2. The van der Waals surface area contributed by atoms with Crippen molar-refractivity contribution in [2.45, 2.75) is 13.8 Å². The Labute approximate surface area is 145 Å². The SMILES string of the molecule is Cc1c(C#N)c(C#N)c(F)c2nc3c(F)c(C#N)c(C#N)c(C)c3nc12. The molecule has 6 nitrogen and oxygen atoms in total. The van der Waals surface area contributed by atoms with E-state index in [2.05, 4.69) is 9.97 Å². The third kappa shape index (κ3) is 1.97. The fourth-order valence-electron chi connectivity index (χ4n) is 2.82. The molecule has 0 saturated heterocycles. The minimum atomic E-state index is -1.08. The summed E-state index contributed by atoms with van der Waals surface area (Å²) in [5, 5.41) is 36.7.